The normalized spacial score (nSPS) is 15.1. The van der Waals surface area contributed by atoms with Crippen LogP contribution in [0.25, 0.3) is 16.6 Å². The Bertz CT molecular complexity index is 1290. The van der Waals surface area contributed by atoms with Gasteiger partial charge in [0.25, 0.3) is 0 Å². The number of nitrogens with zero attached hydrogens (tertiary/aromatic N) is 6. The highest BCUT2D eigenvalue weighted by Gasteiger charge is 2.26. The fourth-order valence-corrected chi connectivity index (χ4v) is 4.18. The zero-order chi connectivity index (χ0) is 22.9. The number of carbonyl (C=O) groups is 1. The molecule has 170 valence electrons. The quantitative estimate of drug-likeness (QED) is 0.474. The second-order valence-corrected chi connectivity index (χ2v) is 8.20. The summed E-state index contributed by atoms with van der Waals surface area (Å²) in [5, 5.41) is 8.76. The first-order valence-corrected chi connectivity index (χ1v) is 10.9. The van der Waals surface area contributed by atoms with Crippen molar-refractivity contribution in [2.75, 3.05) is 31.1 Å². The van der Waals surface area contributed by atoms with Crippen LogP contribution in [0.4, 0.5) is 14.9 Å². The van der Waals surface area contributed by atoms with Crippen LogP contribution in [0.3, 0.4) is 0 Å². The number of ether oxygens (including phenoxy) is 1. The van der Waals surface area contributed by atoms with Gasteiger partial charge in [-0.25, -0.2) is 13.7 Å². The molecule has 1 aromatic carbocycles. The molecule has 0 unspecified atom stereocenters. The lowest BCUT2D eigenvalue weighted by Gasteiger charge is -2.35. The SMILES string of the molecule is C[C@@H](OC(=O)N1CCN(c2cnn3cc(-c4cnn(C)c4)ccc23)CC1)c1ccccc1F. The van der Waals surface area contributed by atoms with Crippen LogP contribution in [-0.2, 0) is 11.8 Å². The van der Waals surface area contributed by atoms with Gasteiger partial charge < -0.3 is 14.5 Å². The van der Waals surface area contributed by atoms with E-state index in [1.54, 1.807) is 34.7 Å². The van der Waals surface area contributed by atoms with Crippen molar-refractivity contribution < 1.29 is 13.9 Å². The van der Waals surface area contributed by atoms with E-state index in [9.17, 15) is 9.18 Å². The highest BCUT2D eigenvalue weighted by atomic mass is 19.1. The molecule has 4 heterocycles. The van der Waals surface area contributed by atoms with Gasteiger partial charge in [0.1, 0.15) is 11.9 Å². The standard InChI is InChI=1S/C24H25FN6O2/c1-17(20-5-3-4-6-21(20)25)33-24(32)30-11-9-29(10-12-30)23-14-27-31-16-18(7-8-22(23)31)19-13-26-28(2)15-19/h3-8,13-17H,9-12H2,1-2H3/t17-/m1/s1. The van der Waals surface area contributed by atoms with E-state index in [4.69, 9.17) is 4.74 Å². The van der Waals surface area contributed by atoms with Gasteiger partial charge in [-0.2, -0.15) is 10.2 Å². The smallest absolute Gasteiger partial charge is 0.410 e. The molecule has 5 rings (SSSR count). The second kappa shape index (κ2) is 8.57. The molecular formula is C24H25FN6O2. The van der Waals surface area contributed by atoms with E-state index < -0.39 is 12.2 Å². The van der Waals surface area contributed by atoms with Crippen LogP contribution in [-0.4, -0.2) is 56.6 Å². The number of pyridine rings is 1. The third-order valence-corrected chi connectivity index (χ3v) is 6.03. The minimum absolute atomic E-state index is 0.373. The summed E-state index contributed by atoms with van der Waals surface area (Å²) in [6, 6.07) is 10.5. The van der Waals surface area contributed by atoms with Crippen molar-refractivity contribution in [3.05, 3.63) is 72.6 Å². The first-order valence-electron chi connectivity index (χ1n) is 10.9. The van der Waals surface area contributed by atoms with Crippen LogP contribution in [0.1, 0.15) is 18.6 Å². The molecule has 1 aliphatic heterocycles. The van der Waals surface area contributed by atoms with Crippen LogP contribution < -0.4 is 4.90 Å². The van der Waals surface area contributed by atoms with Gasteiger partial charge >= 0.3 is 6.09 Å². The first-order chi connectivity index (χ1) is 16.0. The largest absolute Gasteiger partial charge is 0.441 e. The summed E-state index contributed by atoms with van der Waals surface area (Å²) in [6.45, 7) is 4.05. The molecule has 0 N–H and O–H groups in total. The van der Waals surface area contributed by atoms with Crippen LogP contribution in [0.15, 0.2) is 61.2 Å². The Labute approximate surface area is 190 Å². The third-order valence-electron chi connectivity index (χ3n) is 6.03. The van der Waals surface area contributed by atoms with Crippen molar-refractivity contribution >= 4 is 17.3 Å². The maximum atomic E-state index is 14.0. The number of hydrogen-bond donors (Lipinski definition) is 0. The maximum absolute atomic E-state index is 14.0. The maximum Gasteiger partial charge on any atom is 0.410 e. The Hall–Kier alpha value is -3.88. The average Bonchev–Trinajstić information content (AvgIpc) is 3.45. The highest BCUT2D eigenvalue weighted by molar-refractivity contribution is 5.76. The molecule has 8 nitrogen and oxygen atoms in total. The van der Waals surface area contributed by atoms with Crippen molar-refractivity contribution in [3.63, 3.8) is 0 Å². The van der Waals surface area contributed by atoms with Gasteiger partial charge in [-0.05, 0) is 19.1 Å². The van der Waals surface area contributed by atoms with Crippen molar-refractivity contribution in [2.24, 2.45) is 7.05 Å². The summed E-state index contributed by atoms with van der Waals surface area (Å²) >= 11 is 0. The molecule has 0 radical (unpaired) electrons. The number of aromatic nitrogens is 4. The van der Waals surface area contributed by atoms with E-state index in [2.05, 4.69) is 27.2 Å². The van der Waals surface area contributed by atoms with Crippen LogP contribution in [0.5, 0.6) is 0 Å². The second-order valence-electron chi connectivity index (χ2n) is 8.20. The molecule has 1 fully saturated rings. The van der Waals surface area contributed by atoms with Gasteiger partial charge in [-0.1, -0.05) is 24.3 Å². The molecule has 0 aliphatic carbocycles. The number of hydrogen-bond acceptors (Lipinski definition) is 5. The number of aryl methyl sites for hydroxylation is 1. The van der Waals surface area contributed by atoms with Crippen molar-refractivity contribution in [2.45, 2.75) is 13.0 Å². The summed E-state index contributed by atoms with van der Waals surface area (Å²) in [5.41, 5.74) is 4.49. The third kappa shape index (κ3) is 4.13. The zero-order valence-corrected chi connectivity index (χ0v) is 18.6. The number of rotatable bonds is 4. The topological polar surface area (TPSA) is 67.9 Å². The van der Waals surface area contributed by atoms with Gasteiger partial charge in [-0.15, -0.1) is 0 Å². The summed E-state index contributed by atoms with van der Waals surface area (Å²) in [5.74, 6) is -0.373. The molecule has 1 amide bonds. The Balaban J connectivity index is 1.23. The number of carbonyl (C=O) groups excluding carboxylic acids is 1. The minimum atomic E-state index is -0.648. The average molecular weight is 449 g/mol. The minimum Gasteiger partial charge on any atom is -0.441 e. The fraction of sp³-hybridized carbons (Fsp3) is 0.292. The Kier molecular flexibility index (Phi) is 5.45. The van der Waals surface area contributed by atoms with Crippen molar-refractivity contribution in [1.82, 2.24) is 24.3 Å². The van der Waals surface area contributed by atoms with E-state index in [0.29, 0.717) is 31.7 Å². The number of fused-ring (bicyclic) bond motifs is 1. The van der Waals surface area contributed by atoms with E-state index in [1.807, 2.05) is 36.4 Å². The summed E-state index contributed by atoms with van der Waals surface area (Å²) < 4.78 is 23.1. The van der Waals surface area contributed by atoms with E-state index in [-0.39, 0.29) is 5.82 Å². The van der Waals surface area contributed by atoms with E-state index in [0.717, 1.165) is 22.3 Å². The Morgan fingerprint density at radius 2 is 1.79 bits per heavy atom. The molecule has 0 saturated carbocycles. The molecule has 3 aromatic heterocycles. The predicted octanol–water partition coefficient (Wildman–Crippen LogP) is 3.89. The number of halogens is 1. The van der Waals surface area contributed by atoms with Crippen molar-refractivity contribution in [3.8, 4) is 11.1 Å². The van der Waals surface area contributed by atoms with Crippen molar-refractivity contribution in [1.29, 1.82) is 0 Å². The summed E-state index contributed by atoms with van der Waals surface area (Å²) in [6.07, 6.45) is 6.58. The monoisotopic (exact) mass is 448 g/mol. The molecule has 0 bridgehead atoms. The van der Waals surface area contributed by atoms with E-state index >= 15 is 0 Å². The molecule has 1 atom stereocenters. The van der Waals surface area contributed by atoms with Gasteiger partial charge in [0.2, 0.25) is 0 Å². The van der Waals surface area contributed by atoms with Crippen LogP contribution >= 0.6 is 0 Å². The molecule has 4 aromatic rings. The van der Waals surface area contributed by atoms with Gasteiger partial charge in [-0.3, -0.25) is 4.68 Å². The van der Waals surface area contributed by atoms with E-state index in [1.165, 1.54) is 6.07 Å². The predicted molar refractivity (Wildman–Crippen MR) is 122 cm³/mol. The first kappa shape index (κ1) is 21.0. The summed E-state index contributed by atoms with van der Waals surface area (Å²) in [7, 11) is 1.89. The lowest BCUT2D eigenvalue weighted by atomic mass is 10.1. The zero-order valence-electron chi connectivity index (χ0n) is 18.6. The lowest BCUT2D eigenvalue weighted by Crippen LogP contribution is -2.49. The summed E-state index contributed by atoms with van der Waals surface area (Å²) in [4.78, 5) is 16.5. The van der Waals surface area contributed by atoms with Crippen LogP contribution in [0, 0.1) is 5.82 Å². The highest BCUT2D eigenvalue weighted by Crippen LogP contribution is 2.27. The number of anilines is 1. The number of piperazine rings is 1. The number of benzene rings is 1. The fourth-order valence-electron chi connectivity index (χ4n) is 4.18. The Morgan fingerprint density at radius 3 is 2.52 bits per heavy atom. The van der Waals surface area contributed by atoms with Gasteiger partial charge in [0.15, 0.2) is 0 Å². The van der Waals surface area contributed by atoms with Crippen LogP contribution in [0.2, 0.25) is 0 Å². The molecule has 33 heavy (non-hydrogen) atoms. The number of amides is 1. The molecule has 1 aliphatic rings. The molecular weight excluding hydrogens is 423 g/mol. The lowest BCUT2D eigenvalue weighted by molar-refractivity contribution is 0.0667. The Morgan fingerprint density at radius 1 is 1.00 bits per heavy atom. The van der Waals surface area contributed by atoms with Gasteiger partial charge in [0.05, 0.1) is 23.6 Å². The molecule has 9 heteroatoms. The molecule has 1 saturated heterocycles. The molecule has 0 spiro atoms. The van der Waals surface area contributed by atoms with Gasteiger partial charge in [0, 0.05) is 62.3 Å².